The Morgan fingerprint density at radius 2 is 2.18 bits per heavy atom. The molecule has 0 spiro atoms. The van der Waals surface area contributed by atoms with Crippen molar-refractivity contribution in [1.82, 2.24) is 10.3 Å². The van der Waals surface area contributed by atoms with Crippen molar-refractivity contribution in [3.05, 3.63) is 30.1 Å². The van der Waals surface area contributed by atoms with Crippen molar-refractivity contribution in [1.29, 1.82) is 0 Å². The van der Waals surface area contributed by atoms with Gasteiger partial charge in [-0.2, -0.15) is 0 Å². The van der Waals surface area contributed by atoms with Crippen molar-refractivity contribution >= 4 is 0 Å². The van der Waals surface area contributed by atoms with Crippen molar-refractivity contribution in [2.24, 2.45) is 0 Å². The van der Waals surface area contributed by atoms with Crippen LogP contribution in [0.25, 0.3) is 0 Å². The average Bonchev–Trinajstić information content (AvgIpc) is 2.34. The summed E-state index contributed by atoms with van der Waals surface area (Å²) in [4.78, 5) is 4.36. The Hall–Kier alpha value is -0.930. The van der Waals surface area contributed by atoms with E-state index in [0.717, 1.165) is 31.7 Å². The number of hydrogen-bond acceptors (Lipinski definition) is 3. The minimum absolute atomic E-state index is 0.282. The van der Waals surface area contributed by atoms with Gasteiger partial charge in [0.2, 0.25) is 0 Å². The van der Waals surface area contributed by atoms with Crippen LogP contribution >= 0.6 is 0 Å². The third kappa shape index (κ3) is 6.39. The summed E-state index contributed by atoms with van der Waals surface area (Å²) in [6.45, 7) is 8.08. The van der Waals surface area contributed by atoms with Crippen LogP contribution in [0.5, 0.6) is 0 Å². The quantitative estimate of drug-likeness (QED) is 0.752. The van der Waals surface area contributed by atoms with Crippen LogP contribution in [0.1, 0.15) is 32.9 Å². The van der Waals surface area contributed by atoms with E-state index < -0.39 is 0 Å². The zero-order valence-corrected chi connectivity index (χ0v) is 11.1. The lowest BCUT2D eigenvalue weighted by atomic mass is 10.1. The van der Waals surface area contributed by atoms with Gasteiger partial charge in [-0.25, -0.2) is 0 Å². The maximum Gasteiger partial charge on any atom is 0.0626 e. The van der Waals surface area contributed by atoms with Crippen molar-refractivity contribution in [2.75, 3.05) is 13.2 Å². The summed E-state index contributed by atoms with van der Waals surface area (Å²) in [5, 5.41) is 3.51. The average molecular weight is 236 g/mol. The number of nitrogens with one attached hydrogen (secondary N) is 1. The molecule has 1 aromatic rings. The number of aromatic nitrogens is 1. The van der Waals surface area contributed by atoms with Crippen LogP contribution in [0.15, 0.2) is 24.4 Å². The van der Waals surface area contributed by atoms with Gasteiger partial charge in [0.1, 0.15) is 0 Å². The van der Waals surface area contributed by atoms with E-state index in [4.69, 9.17) is 4.74 Å². The number of ether oxygens (including phenoxy) is 1. The molecular weight excluding hydrogens is 212 g/mol. The molecule has 0 amide bonds. The second kappa shape index (κ2) is 8.20. The molecule has 17 heavy (non-hydrogen) atoms. The SMILES string of the molecule is CCCNC(COC(C)C)Cc1ccccn1. The Morgan fingerprint density at radius 1 is 1.35 bits per heavy atom. The van der Waals surface area contributed by atoms with E-state index in [1.165, 1.54) is 0 Å². The molecule has 1 heterocycles. The summed E-state index contributed by atoms with van der Waals surface area (Å²) in [5.74, 6) is 0. The summed E-state index contributed by atoms with van der Waals surface area (Å²) in [6.07, 6.45) is 4.19. The fourth-order valence-corrected chi connectivity index (χ4v) is 1.62. The predicted molar refractivity (Wildman–Crippen MR) is 71.1 cm³/mol. The summed E-state index contributed by atoms with van der Waals surface area (Å²) in [5.41, 5.74) is 1.12. The van der Waals surface area contributed by atoms with Gasteiger partial charge in [-0.05, 0) is 38.9 Å². The van der Waals surface area contributed by atoms with Gasteiger partial charge in [-0.1, -0.05) is 13.0 Å². The molecule has 3 nitrogen and oxygen atoms in total. The first kappa shape index (κ1) is 14.1. The first-order valence-corrected chi connectivity index (χ1v) is 6.47. The molecule has 0 bridgehead atoms. The molecule has 3 heteroatoms. The molecule has 1 rings (SSSR count). The molecular formula is C14H24N2O. The summed E-state index contributed by atoms with van der Waals surface area (Å²) >= 11 is 0. The third-order valence-electron chi connectivity index (χ3n) is 2.50. The second-order valence-corrected chi connectivity index (χ2v) is 4.56. The molecule has 0 aliphatic rings. The fourth-order valence-electron chi connectivity index (χ4n) is 1.62. The maximum absolute atomic E-state index is 5.68. The highest BCUT2D eigenvalue weighted by Crippen LogP contribution is 2.02. The molecule has 1 N–H and O–H groups in total. The van der Waals surface area contributed by atoms with Crippen LogP contribution in [0.2, 0.25) is 0 Å². The van der Waals surface area contributed by atoms with Gasteiger partial charge in [-0.3, -0.25) is 4.98 Å². The number of rotatable bonds is 8. The molecule has 1 aromatic heterocycles. The van der Waals surface area contributed by atoms with E-state index in [9.17, 15) is 0 Å². The summed E-state index contributed by atoms with van der Waals surface area (Å²) < 4.78 is 5.68. The van der Waals surface area contributed by atoms with E-state index in [2.05, 4.69) is 37.1 Å². The lowest BCUT2D eigenvalue weighted by molar-refractivity contribution is 0.0611. The van der Waals surface area contributed by atoms with Crippen molar-refractivity contribution in [3.63, 3.8) is 0 Å². The Bertz CT molecular complexity index is 288. The zero-order valence-electron chi connectivity index (χ0n) is 11.1. The zero-order chi connectivity index (χ0) is 12.5. The van der Waals surface area contributed by atoms with E-state index in [1.807, 2.05) is 18.3 Å². The normalized spacial score (nSPS) is 12.9. The van der Waals surface area contributed by atoms with Crippen LogP contribution < -0.4 is 5.32 Å². The van der Waals surface area contributed by atoms with Crippen LogP contribution in [-0.4, -0.2) is 30.3 Å². The van der Waals surface area contributed by atoms with Gasteiger partial charge in [-0.15, -0.1) is 0 Å². The van der Waals surface area contributed by atoms with Crippen molar-refractivity contribution in [3.8, 4) is 0 Å². The van der Waals surface area contributed by atoms with Crippen LogP contribution in [0.4, 0.5) is 0 Å². The minimum Gasteiger partial charge on any atom is -0.377 e. The monoisotopic (exact) mass is 236 g/mol. The Balaban J connectivity index is 2.44. The molecule has 1 atom stereocenters. The summed E-state index contributed by atoms with van der Waals surface area (Å²) in [7, 11) is 0. The Morgan fingerprint density at radius 3 is 2.76 bits per heavy atom. The lowest BCUT2D eigenvalue weighted by Gasteiger charge is -2.19. The van der Waals surface area contributed by atoms with E-state index in [1.54, 1.807) is 0 Å². The Labute approximate surface area is 105 Å². The first-order valence-electron chi connectivity index (χ1n) is 6.47. The molecule has 1 unspecified atom stereocenters. The van der Waals surface area contributed by atoms with Crippen molar-refractivity contribution in [2.45, 2.75) is 45.8 Å². The molecule has 0 saturated carbocycles. The van der Waals surface area contributed by atoms with E-state index in [0.29, 0.717) is 6.04 Å². The molecule has 0 saturated heterocycles. The minimum atomic E-state index is 0.282. The van der Waals surface area contributed by atoms with E-state index >= 15 is 0 Å². The maximum atomic E-state index is 5.68. The number of pyridine rings is 1. The summed E-state index contributed by atoms with van der Waals surface area (Å²) in [6, 6.07) is 6.40. The molecule has 0 aromatic carbocycles. The van der Waals surface area contributed by atoms with Gasteiger partial charge >= 0.3 is 0 Å². The fraction of sp³-hybridized carbons (Fsp3) is 0.643. The largest absolute Gasteiger partial charge is 0.377 e. The lowest BCUT2D eigenvalue weighted by Crippen LogP contribution is -2.37. The highest BCUT2D eigenvalue weighted by Gasteiger charge is 2.10. The third-order valence-corrected chi connectivity index (χ3v) is 2.50. The Kier molecular flexibility index (Phi) is 6.82. The molecule has 0 fully saturated rings. The van der Waals surface area contributed by atoms with E-state index in [-0.39, 0.29) is 6.10 Å². The van der Waals surface area contributed by atoms with Crippen LogP contribution in [0, 0.1) is 0 Å². The highest BCUT2D eigenvalue weighted by atomic mass is 16.5. The standard InChI is InChI=1S/C14H24N2O/c1-4-8-15-14(11-17-12(2)3)10-13-7-5-6-9-16-13/h5-7,9,12,14-15H,4,8,10-11H2,1-3H3. The van der Waals surface area contributed by atoms with Crippen LogP contribution in [-0.2, 0) is 11.2 Å². The number of nitrogens with zero attached hydrogens (tertiary/aromatic N) is 1. The molecule has 0 aliphatic carbocycles. The molecule has 0 radical (unpaired) electrons. The van der Waals surface area contributed by atoms with Gasteiger partial charge in [0.05, 0.1) is 12.7 Å². The van der Waals surface area contributed by atoms with Crippen LogP contribution in [0.3, 0.4) is 0 Å². The number of hydrogen-bond donors (Lipinski definition) is 1. The topological polar surface area (TPSA) is 34.1 Å². The van der Waals surface area contributed by atoms with Crippen molar-refractivity contribution < 1.29 is 4.74 Å². The van der Waals surface area contributed by atoms with Gasteiger partial charge in [0, 0.05) is 24.4 Å². The second-order valence-electron chi connectivity index (χ2n) is 4.56. The first-order chi connectivity index (χ1) is 8.22. The van der Waals surface area contributed by atoms with Gasteiger partial charge < -0.3 is 10.1 Å². The van der Waals surface area contributed by atoms with Gasteiger partial charge in [0.15, 0.2) is 0 Å². The molecule has 0 aliphatic heterocycles. The molecule has 96 valence electrons. The highest BCUT2D eigenvalue weighted by molar-refractivity contribution is 5.05. The van der Waals surface area contributed by atoms with Gasteiger partial charge in [0.25, 0.3) is 0 Å². The predicted octanol–water partition coefficient (Wildman–Crippen LogP) is 2.42. The smallest absolute Gasteiger partial charge is 0.0626 e.